The fourth-order valence-electron chi connectivity index (χ4n) is 1.45. The molecule has 3 aromatic rings. The van der Waals surface area contributed by atoms with Crippen molar-refractivity contribution in [3.8, 4) is 10.7 Å². The average molecular weight is 293 g/mol. The minimum Gasteiger partial charge on any atom is -0.338 e. The molecule has 0 spiro atoms. The summed E-state index contributed by atoms with van der Waals surface area (Å²) in [7, 11) is 0. The van der Waals surface area contributed by atoms with E-state index < -0.39 is 0 Å². The number of hydrogen-bond donors (Lipinski definition) is 1. The van der Waals surface area contributed by atoms with E-state index >= 15 is 0 Å². The molecule has 3 aromatic heterocycles. The van der Waals surface area contributed by atoms with Gasteiger partial charge in [0, 0.05) is 6.42 Å². The van der Waals surface area contributed by atoms with E-state index in [1.165, 1.54) is 11.8 Å². The monoisotopic (exact) mass is 293 g/mol. The van der Waals surface area contributed by atoms with E-state index in [2.05, 4.69) is 25.3 Å². The second kappa shape index (κ2) is 5.54. The highest BCUT2D eigenvalue weighted by atomic mass is 32.2. The van der Waals surface area contributed by atoms with E-state index in [0.717, 1.165) is 17.1 Å². The smallest absolute Gasteiger partial charge is 0.237 e. The molecule has 6 nitrogen and oxygen atoms in total. The Bertz CT molecular complexity index is 646. The number of aromatic amines is 1. The minimum atomic E-state index is 0.569. The molecule has 98 valence electrons. The Labute approximate surface area is 117 Å². The van der Waals surface area contributed by atoms with Crippen molar-refractivity contribution < 1.29 is 4.52 Å². The van der Waals surface area contributed by atoms with E-state index in [1.807, 2.05) is 24.4 Å². The van der Waals surface area contributed by atoms with Crippen LogP contribution in [0.4, 0.5) is 0 Å². The lowest BCUT2D eigenvalue weighted by Crippen LogP contribution is -1.83. The molecular formula is C11H11N5OS2. The minimum absolute atomic E-state index is 0.569. The van der Waals surface area contributed by atoms with Crippen molar-refractivity contribution in [2.45, 2.75) is 24.3 Å². The van der Waals surface area contributed by atoms with Gasteiger partial charge in [-0.2, -0.15) is 4.98 Å². The summed E-state index contributed by atoms with van der Waals surface area (Å²) in [6.45, 7) is 2.03. The van der Waals surface area contributed by atoms with Crippen LogP contribution in [0.25, 0.3) is 10.7 Å². The summed E-state index contributed by atoms with van der Waals surface area (Å²) < 4.78 is 5.20. The van der Waals surface area contributed by atoms with Gasteiger partial charge in [0.2, 0.25) is 16.9 Å². The Balaban J connectivity index is 1.64. The molecule has 0 unspecified atom stereocenters. The van der Waals surface area contributed by atoms with Crippen LogP contribution < -0.4 is 0 Å². The van der Waals surface area contributed by atoms with Crippen LogP contribution in [0, 0.1) is 0 Å². The SMILES string of the molecule is CCc1nc(SCc2nc(-c3cccs3)no2)n[nH]1. The number of rotatable bonds is 5. The molecule has 0 saturated carbocycles. The molecule has 3 heterocycles. The van der Waals surface area contributed by atoms with E-state index in [1.54, 1.807) is 11.3 Å². The molecule has 0 aliphatic carbocycles. The van der Waals surface area contributed by atoms with E-state index in [9.17, 15) is 0 Å². The van der Waals surface area contributed by atoms with Crippen LogP contribution in [0.3, 0.4) is 0 Å². The summed E-state index contributed by atoms with van der Waals surface area (Å²) in [4.78, 5) is 9.66. The topological polar surface area (TPSA) is 80.5 Å². The number of hydrogen-bond acceptors (Lipinski definition) is 7. The first-order chi connectivity index (χ1) is 9.35. The molecule has 1 N–H and O–H groups in total. The van der Waals surface area contributed by atoms with Gasteiger partial charge < -0.3 is 4.52 Å². The second-order valence-corrected chi connectivity index (χ2v) is 5.59. The van der Waals surface area contributed by atoms with Gasteiger partial charge in [0.1, 0.15) is 5.82 Å². The Hall–Kier alpha value is -1.67. The van der Waals surface area contributed by atoms with Gasteiger partial charge in [0.15, 0.2) is 0 Å². The molecule has 0 aliphatic rings. The maximum Gasteiger partial charge on any atom is 0.237 e. The summed E-state index contributed by atoms with van der Waals surface area (Å²) >= 11 is 3.06. The van der Waals surface area contributed by atoms with Crippen molar-refractivity contribution in [3.63, 3.8) is 0 Å². The predicted molar refractivity (Wildman–Crippen MR) is 72.9 cm³/mol. The standard InChI is InChI=1S/C11H11N5OS2/c1-2-8-12-11(15-14-8)19-6-9-13-10(16-17-9)7-4-3-5-18-7/h3-5H,2,6H2,1H3,(H,12,14,15). The highest BCUT2D eigenvalue weighted by Gasteiger charge is 2.11. The van der Waals surface area contributed by atoms with E-state index in [4.69, 9.17) is 4.52 Å². The number of aryl methyl sites for hydroxylation is 1. The van der Waals surface area contributed by atoms with Gasteiger partial charge in [-0.25, -0.2) is 4.98 Å². The molecule has 0 saturated heterocycles. The molecule has 0 radical (unpaired) electrons. The number of nitrogens with zero attached hydrogens (tertiary/aromatic N) is 4. The molecule has 19 heavy (non-hydrogen) atoms. The van der Waals surface area contributed by atoms with Crippen LogP contribution in [0.2, 0.25) is 0 Å². The fourth-order valence-corrected chi connectivity index (χ4v) is 2.75. The van der Waals surface area contributed by atoms with Gasteiger partial charge in [-0.05, 0) is 11.4 Å². The lowest BCUT2D eigenvalue weighted by molar-refractivity contribution is 0.391. The molecular weight excluding hydrogens is 282 g/mol. The van der Waals surface area contributed by atoms with Gasteiger partial charge in [-0.1, -0.05) is 29.9 Å². The van der Waals surface area contributed by atoms with Gasteiger partial charge >= 0.3 is 0 Å². The Morgan fingerprint density at radius 1 is 1.42 bits per heavy atom. The lowest BCUT2D eigenvalue weighted by atomic mass is 10.4. The van der Waals surface area contributed by atoms with Crippen LogP contribution in [0.1, 0.15) is 18.6 Å². The molecule has 0 aromatic carbocycles. The third kappa shape index (κ3) is 2.85. The van der Waals surface area contributed by atoms with Crippen molar-refractivity contribution in [2.24, 2.45) is 0 Å². The molecule has 3 rings (SSSR count). The Kier molecular flexibility index (Phi) is 3.60. The maximum atomic E-state index is 5.20. The zero-order valence-electron chi connectivity index (χ0n) is 10.2. The molecule has 8 heteroatoms. The largest absolute Gasteiger partial charge is 0.338 e. The predicted octanol–water partition coefficient (Wildman–Crippen LogP) is 2.77. The third-order valence-corrected chi connectivity index (χ3v) is 4.08. The number of aromatic nitrogens is 5. The maximum absolute atomic E-state index is 5.20. The van der Waals surface area contributed by atoms with Gasteiger partial charge in [-0.3, -0.25) is 5.10 Å². The van der Waals surface area contributed by atoms with Crippen LogP contribution in [0.5, 0.6) is 0 Å². The summed E-state index contributed by atoms with van der Waals surface area (Å²) in [5.74, 6) is 2.66. The average Bonchev–Trinajstić information content (AvgIpc) is 3.16. The Morgan fingerprint density at radius 2 is 2.37 bits per heavy atom. The quantitative estimate of drug-likeness (QED) is 0.729. The fraction of sp³-hybridized carbons (Fsp3) is 0.273. The summed E-state index contributed by atoms with van der Waals surface area (Å²) in [5.41, 5.74) is 0. The Morgan fingerprint density at radius 3 is 3.11 bits per heavy atom. The lowest BCUT2D eigenvalue weighted by Gasteiger charge is -1.89. The third-order valence-electron chi connectivity index (χ3n) is 2.38. The second-order valence-electron chi connectivity index (χ2n) is 3.70. The zero-order valence-corrected chi connectivity index (χ0v) is 11.8. The molecule has 0 aliphatic heterocycles. The summed E-state index contributed by atoms with van der Waals surface area (Å²) in [6, 6.07) is 3.93. The molecule has 0 amide bonds. The first-order valence-electron chi connectivity index (χ1n) is 5.75. The van der Waals surface area contributed by atoms with E-state index in [0.29, 0.717) is 22.6 Å². The van der Waals surface area contributed by atoms with Crippen LogP contribution in [-0.2, 0) is 12.2 Å². The molecule has 0 atom stereocenters. The normalized spacial score (nSPS) is 11.0. The first-order valence-corrected chi connectivity index (χ1v) is 7.62. The summed E-state index contributed by atoms with van der Waals surface area (Å²) in [6.07, 6.45) is 0.844. The number of H-pyrrole nitrogens is 1. The zero-order chi connectivity index (χ0) is 13.1. The van der Waals surface area contributed by atoms with Crippen molar-refractivity contribution in [3.05, 3.63) is 29.2 Å². The molecule has 0 bridgehead atoms. The van der Waals surface area contributed by atoms with Crippen molar-refractivity contribution in [1.29, 1.82) is 0 Å². The van der Waals surface area contributed by atoms with Crippen molar-refractivity contribution in [1.82, 2.24) is 25.3 Å². The van der Waals surface area contributed by atoms with Crippen LogP contribution in [0.15, 0.2) is 27.2 Å². The molecule has 0 fully saturated rings. The van der Waals surface area contributed by atoms with Gasteiger partial charge in [0.25, 0.3) is 0 Å². The van der Waals surface area contributed by atoms with Crippen LogP contribution >= 0.6 is 23.1 Å². The highest BCUT2D eigenvalue weighted by Crippen LogP contribution is 2.23. The summed E-state index contributed by atoms with van der Waals surface area (Å²) in [5, 5.41) is 13.6. The van der Waals surface area contributed by atoms with Gasteiger partial charge in [-0.15, -0.1) is 16.4 Å². The van der Waals surface area contributed by atoms with Crippen molar-refractivity contribution in [2.75, 3.05) is 0 Å². The number of nitrogens with one attached hydrogen (secondary N) is 1. The van der Waals surface area contributed by atoms with Crippen LogP contribution in [-0.4, -0.2) is 25.3 Å². The number of thioether (sulfide) groups is 1. The van der Waals surface area contributed by atoms with Crippen molar-refractivity contribution >= 4 is 23.1 Å². The number of thiophene rings is 1. The van der Waals surface area contributed by atoms with Gasteiger partial charge in [0.05, 0.1) is 10.6 Å². The van der Waals surface area contributed by atoms with E-state index in [-0.39, 0.29) is 0 Å². The first kappa shape index (κ1) is 12.4. The highest BCUT2D eigenvalue weighted by molar-refractivity contribution is 7.98.